The Morgan fingerprint density at radius 1 is 1.20 bits per heavy atom. The maximum Gasteiger partial charge on any atom is 0.284 e. The number of amides is 1. The number of thiophene rings is 1. The predicted octanol–water partition coefficient (Wildman–Crippen LogP) is 3.64. The van der Waals surface area contributed by atoms with Gasteiger partial charge < -0.3 is 8.83 Å². The molecule has 0 aliphatic heterocycles. The molecule has 0 aliphatic carbocycles. The van der Waals surface area contributed by atoms with Gasteiger partial charge in [0.25, 0.3) is 11.1 Å². The molecule has 0 saturated carbocycles. The molecule has 8 nitrogen and oxygen atoms in total. The van der Waals surface area contributed by atoms with Crippen LogP contribution in [0.5, 0.6) is 0 Å². The summed E-state index contributed by atoms with van der Waals surface area (Å²) in [6.07, 6.45) is 1.52. The Morgan fingerprint density at radius 2 is 2.16 bits per heavy atom. The van der Waals surface area contributed by atoms with Gasteiger partial charge in [0.2, 0.25) is 11.0 Å². The van der Waals surface area contributed by atoms with Crippen molar-refractivity contribution >= 4 is 45.5 Å². The first kappa shape index (κ1) is 16.0. The van der Waals surface area contributed by atoms with E-state index in [1.165, 1.54) is 17.6 Å². The van der Waals surface area contributed by atoms with Gasteiger partial charge >= 0.3 is 0 Å². The SMILES string of the molecule is O=C(CSc1nnc(-c2ccco2)o1)Nc1nnc(-c2cccs2)s1. The van der Waals surface area contributed by atoms with Gasteiger partial charge in [0.05, 0.1) is 16.9 Å². The van der Waals surface area contributed by atoms with Gasteiger partial charge in [-0.05, 0) is 23.6 Å². The van der Waals surface area contributed by atoms with Crippen molar-refractivity contribution in [3.8, 4) is 21.5 Å². The molecular formula is C14H9N5O3S3. The summed E-state index contributed by atoms with van der Waals surface area (Å²) < 4.78 is 10.6. The maximum absolute atomic E-state index is 12.0. The molecule has 1 amide bonds. The van der Waals surface area contributed by atoms with Crippen LogP contribution in [0.3, 0.4) is 0 Å². The lowest BCUT2D eigenvalue weighted by molar-refractivity contribution is -0.113. The Hall–Kier alpha value is -2.50. The first-order chi connectivity index (χ1) is 12.3. The summed E-state index contributed by atoms with van der Waals surface area (Å²) in [4.78, 5) is 13.0. The predicted molar refractivity (Wildman–Crippen MR) is 94.6 cm³/mol. The van der Waals surface area contributed by atoms with E-state index in [-0.39, 0.29) is 22.8 Å². The number of hydrogen-bond acceptors (Lipinski definition) is 10. The van der Waals surface area contributed by atoms with Gasteiger partial charge in [0.15, 0.2) is 10.8 Å². The maximum atomic E-state index is 12.0. The van der Waals surface area contributed by atoms with Gasteiger partial charge in [-0.2, -0.15) is 0 Å². The summed E-state index contributed by atoms with van der Waals surface area (Å²) >= 11 is 4.03. The molecule has 25 heavy (non-hydrogen) atoms. The van der Waals surface area contributed by atoms with E-state index in [4.69, 9.17) is 8.83 Å². The third-order valence-electron chi connectivity index (χ3n) is 2.87. The molecule has 126 valence electrons. The summed E-state index contributed by atoms with van der Waals surface area (Å²) in [6, 6.07) is 7.35. The minimum absolute atomic E-state index is 0.119. The molecule has 4 heterocycles. The van der Waals surface area contributed by atoms with Crippen LogP contribution in [0.15, 0.2) is 50.0 Å². The fraction of sp³-hybridized carbons (Fsp3) is 0.0714. The molecule has 0 aromatic carbocycles. The van der Waals surface area contributed by atoms with Crippen molar-refractivity contribution in [3.05, 3.63) is 35.9 Å². The number of rotatable bonds is 6. The van der Waals surface area contributed by atoms with Crippen molar-refractivity contribution in [2.24, 2.45) is 0 Å². The van der Waals surface area contributed by atoms with Crippen LogP contribution in [-0.4, -0.2) is 32.1 Å². The molecule has 0 radical (unpaired) electrons. The van der Waals surface area contributed by atoms with E-state index < -0.39 is 0 Å². The molecule has 1 N–H and O–H groups in total. The third kappa shape index (κ3) is 3.78. The third-order valence-corrected chi connectivity index (χ3v) is 5.56. The highest BCUT2D eigenvalue weighted by Gasteiger charge is 2.14. The van der Waals surface area contributed by atoms with E-state index in [2.05, 4.69) is 25.7 Å². The number of anilines is 1. The van der Waals surface area contributed by atoms with Crippen molar-refractivity contribution in [3.63, 3.8) is 0 Å². The highest BCUT2D eigenvalue weighted by Crippen LogP contribution is 2.30. The Bertz CT molecular complexity index is 962. The summed E-state index contributed by atoms with van der Waals surface area (Å²) in [7, 11) is 0. The monoisotopic (exact) mass is 391 g/mol. The molecule has 4 rings (SSSR count). The van der Waals surface area contributed by atoms with Crippen LogP contribution >= 0.6 is 34.4 Å². The normalized spacial score (nSPS) is 10.9. The molecular weight excluding hydrogens is 382 g/mol. The van der Waals surface area contributed by atoms with E-state index >= 15 is 0 Å². The van der Waals surface area contributed by atoms with Crippen molar-refractivity contribution in [1.82, 2.24) is 20.4 Å². The summed E-state index contributed by atoms with van der Waals surface area (Å²) in [6.45, 7) is 0. The second kappa shape index (κ2) is 7.17. The summed E-state index contributed by atoms with van der Waals surface area (Å²) in [5.74, 6) is 0.654. The van der Waals surface area contributed by atoms with Crippen molar-refractivity contribution in [1.29, 1.82) is 0 Å². The molecule has 0 unspecified atom stereocenters. The zero-order chi connectivity index (χ0) is 17.1. The fourth-order valence-corrected chi connectivity index (χ4v) is 3.94. The minimum atomic E-state index is -0.225. The highest BCUT2D eigenvalue weighted by molar-refractivity contribution is 7.99. The minimum Gasteiger partial charge on any atom is -0.459 e. The molecule has 4 aromatic rings. The van der Waals surface area contributed by atoms with E-state index in [1.807, 2.05) is 17.5 Å². The largest absolute Gasteiger partial charge is 0.459 e. The fourth-order valence-electron chi connectivity index (χ4n) is 1.82. The van der Waals surface area contributed by atoms with Gasteiger partial charge in [0.1, 0.15) is 0 Å². The molecule has 0 saturated heterocycles. The lowest BCUT2D eigenvalue weighted by Crippen LogP contribution is -2.13. The van der Waals surface area contributed by atoms with Crippen molar-refractivity contribution in [2.75, 3.05) is 11.1 Å². The number of aromatic nitrogens is 4. The molecule has 0 fully saturated rings. The number of nitrogens with zero attached hydrogens (tertiary/aromatic N) is 4. The Labute approximate surface area is 153 Å². The van der Waals surface area contributed by atoms with Gasteiger partial charge in [-0.3, -0.25) is 10.1 Å². The number of nitrogens with one attached hydrogen (secondary N) is 1. The molecule has 0 bridgehead atoms. The van der Waals surface area contributed by atoms with Gasteiger partial charge in [0, 0.05) is 0 Å². The van der Waals surface area contributed by atoms with Crippen molar-refractivity contribution < 1.29 is 13.6 Å². The number of hydrogen-bond donors (Lipinski definition) is 1. The number of carbonyl (C=O) groups excluding carboxylic acids is 1. The smallest absolute Gasteiger partial charge is 0.284 e. The average molecular weight is 391 g/mol. The molecule has 4 aromatic heterocycles. The van der Waals surface area contributed by atoms with Gasteiger partial charge in [-0.15, -0.1) is 31.7 Å². The molecule has 0 aliphatic rings. The molecule has 0 atom stereocenters. The van der Waals surface area contributed by atoms with E-state index in [1.54, 1.807) is 23.5 Å². The summed E-state index contributed by atoms with van der Waals surface area (Å²) in [5, 5.41) is 22.0. The molecule has 11 heteroatoms. The molecule has 0 spiro atoms. The van der Waals surface area contributed by atoms with Crippen LogP contribution in [0, 0.1) is 0 Å². The second-order valence-corrected chi connectivity index (χ2v) is 7.43. The average Bonchev–Trinajstić information content (AvgIpc) is 3.40. The van der Waals surface area contributed by atoms with Crippen LogP contribution in [0.25, 0.3) is 21.5 Å². The first-order valence-electron chi connectivity index (χ1n) is 6.95. The Kier molecular flexibility index (Phi) is 4.59. The first-order valence-corrected chi connectivity index (χ1v) is 9.63. The quantitative estimate of drug-likeness (QED) is 0.496. The van der Waals surface area contributed by atoms with Crippen LogP contribution in [0.1, 0.15) is 0 Å². The van der Waals surface area contributed by atoms with Crippen LogP contribution in [0.2, 0.25) is 0 Å². The number of thioether (sulfide) groups is 1. The Balaban J connectivity index is 1.32. The van der Waals surface area contributed by atoms with Crippen LogP contribution in [0.4, 0.5) is 5.13 Å². The van der Waals surface area contributed by atoms with Gasteiger partial charge in [-0.1, -0.05) is 29.2 Å². The Morgan fingerprint density at radius 3 is 2.96 bits per heavy atom. The van der Waals surface area contributed by atoms with Crippen LogP contribution in [-0.2, 0) is 4.79 Å². The lowest BCUT2D eigenvalue weighted by atomic mass is 10.5. The van der Waals surface area contributed by atoms with Crippen molar-refractivity contribution in [2.45, 2.75) is 5.22 Å². The topological polar surface area (TPSA) is 107 Å². The summed E-state index contributed by atoms with van der Waals surface area (Å²) in [5.41, 5.74) is 0. The van der Waals surface area contributed by atoms with Crippen LogP contribution < -0.4 is 5.32 Å². The van der Waals surface area contributed by atoms with E-state index in [0.717, 1.165) is 21.6 Å². The number of carbonyl (C=O) groups is 1. The van der Waals surface area contributed by atoms with E-state index in [9.17, 15) is 4.79 Å². The van der Waals surface area contributed by atoms with E-state index in [0.29, 0.717) is 10.9 Å². The number of furan rings is 1. The standard InChI is InChI=1S/C14H9N5O3S3/c20-10(15-13-18-17-12(25-13)9-4-2-6-23-9)7-24-14-19-16-11(22-14)8-3-1-5-21-8/h1-6H,7H2,(H,15,18,20). The zero-order valence-electron chi connectivity index (χ0n) is 12.4. The van der Waals surface area contributed by atoms with Gasteiger partial charge in [-0.25, -0.2) is 0 Å². The highest BCUT2D eigenvalue weighted by atomic mass is 32.2. The second-order valence-electron chi connectivity index (χ2n) is 4.58. The zero-order valence-corrected chi connectivity index (χ0v) is 14.9. The lowest BCUT2D eigenvalue weighted by Gasteiger charge is -1.97.